The van der Waals surface area contributed by atoms with Gasteiger partial charge >= 0.3 is 0 Å². The minimum atomic E-state index is -0.0421. The number of benzene rings is 2. The number of aromatic nitrogens is 2. The molecular weight excluding hydrogens is 456 g/mol. The summed E-state index contributed by atoms with van der Waals surface area (Å²) >= 11 is 0. The largest absolute Gasteiger partial charge is 0.392 e. The fourth-order valence-electron chi connectivity index (χ4n) is 4.50. The molecule has 2 fully saturated rings. The summed E-state index contributed by atoms with van der Waals surface area (Å²) < 4.78 is 5.53. The zero-order valence-corrected chi connectivity index (χ0v) is 20.3. The molecule has 3 heterocycles. The van der Waals surface area contributed by atoms with Crippen molar-refractivity contribution in [3.05, 3.63) is 60.2 Å². The van der Waals surface area contributed by atoms with Gasteiger partial charge in [-0.3, -0.25) is 9.69 Å². The van der Waals surface area contributed by atoms with E-state index in [0.29, 0.717) is 25.6 Å². The summed E-state index contributed by atoms with van der Waals surface area (Å²) in [4.78, 5) is 26.7. The molecule has 2 aliphatic heterocycles. The second-order valence-corrected chi connectivity index (χ2v) is 9.05. The van der Waals surface area contributed by atoms with Crippen molar-refractivity contribution in [2.45, 2.75) is 6.61 Å². The number of nitrogens with one attached hydrogen (secondary N) is 2. The van der Waals surface area contributed by atoms with Gasteiger partial charge in [-0.25, -0.2) is 9.97 Å². The lowest BCUT2D eigenvalue weighted by molar-refractivity contribution is -0.117. The van der Waals surface area contributed by atoms with Crippen LogP contribution in [0, 0.1) is 0 Å². The molecule has 2 saturated heterocycles. The van der Waals surface area contributed by atoms with E-state index in [-0.39, 0.29) is 12.5 Å². The van der Waals surface area contributed by atoms with Crippen LogP contribution in [-0.4, -0.2) is 84.9 Å². The van der Waals surface area contributed by atoms with Crippen molar-refractivity contribution < 1.29 is 14.6 Å². The average molecular weight is 489 g/mol. The van der Waals surface area contributed by atoms with E-state index in [0.717, 1.165) is 73.2 Å². The highest BCUT2D eigenvalue weighted by Crippen LogP contribution is 2.28. The highest BCUT2D eigenvalue weighted by molar-refractivity contribution is 5.93. The van der Waals surface area contributed by atoms with Gasteiger partial charge < -0.3 is 25.4 Å². The predicted octanol–water partition coefficient (Wildman–Crippen LogP) is 1.98. The first-order valence-corrected chi connectivity index (χ1v) is 12.4. The molecule has 0 unspecified atom stereocenters. The number of rotatable bonds is 7. The molecule has 5 rings (SSSR count). The van der Waals surface area contributed by atoms with Gasteiger partial charge in [0.2, 0.25) is 5.91 Å². The Hall–Kier alpha value is -3.37. The SMILES string of the molecule is O=C(CN1CCNCC1)Nc1cccc(-c2cc(N3CCOCC3)nc(-c3cccc(CO)c3)n2)c1. The Kier molecular flexibility index (Phi) is 7.82. The quantitative estimate of drug-likeness (QED) is 0.464. The van der Waals surface area contributed by atoms with Crippen molar-refractivity contribution in [1.29, 1.82) is 0 Å². The number of aliphatic hydroxyl groups is 1. The number of hydrogen-bond donors (Lipinski definition) is 3. The molecule has 0 saturated carbocycles. The lowest BCUT2D eigenvalue weighted by Crippen LogP contribution is -2.46. The fraction of sp³-hybridized carbons (Fsp3) is 0.370. The average Bonchev–Trinajstić information content (AvgIpc) is 2.94. The molecule has 9 nitrogen and oxygen atoms in total. The summed E-state index contributed by atoms with van der Waals surface area (Å²) in [5.41, 5.74) is 4.06. The van der Waals surface area contributed by atoms with Crippen LogP contribution in [0.5, 0.6) is 0 Å². The Morgan fingerprint density at radius 3 is 2.56 bits per heavy atom. The van der Waals surface area contributed by atoms with Crippen LogP contribution in [-0.2, 0) is 16.1 Å². The van der Waals surface area contributed by atoms with Crippen LogP contribution in [0.3, 0.4) is 0 Å². The summed E-state index contributed by atoms with van der Waals surface area (Å²) in [7, 11) is 0. The van der Waals surface area contributed by atoms with E-state index >= 15 is 0 Å². The first-order chi connectivity index (χ1) is 17.7. The third-order valence-corrected chi connectivity index (χ3v) is 6.43. The van der Waals surface area contributed by atoms with Crippen LogP contribution in [0.2, 0.25) is 0 Å². The minimum Gasteiger partial charge on any atom is -0.392 e. The predicted molar refractivity (Wildman–Crippen MR) is 140 cm³/mol. The molecule has 0 spiro atoms. The highest BCUT2D eigenvalue weighted by atomic mass is 16.5. The molecule has 0 radical (unpaired) electrons. The molecule has 0 bridgehead atoms. The van der Waals surface area contributed by atoms with Gasteiger partial charge in [-0.05, 0) is 23.8 Å². The van der Waals surface area contributed by atoms with Gasteiger partial charge in [-0.15, -0.1) is 0 Å². The zero-order valence-electron chi connectivity index (χ0n) is 20.3. The third kappa shape index (κ3) is 6.06. The number of piperazine rings is 1. The Bertz CT molecular complexity index is 1190. The van der Waals surface area contributed by atoms with E-state index in [1.54, 1.807) is 0 Å². The molecule has 0 atom stereocenters. The van der Waals surface area contributed by atoms with Gasteiger partial charge in [0.15, 0.2) is 5.82 Å². The Balaban J connectivity index is 1.43. The van der Waals surface area contributed by atoms with E-state index in [2.05, 4.69) is 20.4 Å². The number of morpholine rings is 1. The second-order valence-electron chi connectivity index (χ2n) is 9.05. The summed E-state index contributed by atoms with van der Waals surface area (Å²) in [5, 5.41) is 15.9. The van der Waals surface area contributed by atoms with Crippen LogP contribution in [0.25, 0.3) is 22.6 Å². The van der Waals surface area contributed by atoms with Crippen molar-refractivity contribution >= 4 is 17.4 Å². The second kappa shape index (κ2) is 11.6. The van der Waals surface area contributed by atoms with Crippen LogP contribution in [0.4, 0.5) is 11.5 Å². The van der Waals surface area contributed by atoms with E-state index in [4.69, 9.17) is 14.7 Å². The molecule has 2 aromatic carbocycles. The van der Waals surface area contributed by atoms with E-state index in [9.17, 15) is 9.90 Å². The minimum absolute atomic E-state index is 0.0211. The Labute approximate surface area is 211 Å². The van der Waals surface area contributed by atoms with Crippen molar-refractivity contribution in [2.75, 3.05) is 69.2 Å². The normalized spacial score (nSPS) is 16.6. The monoisotopic (exact) mass is 488 g/mol. The van der Waals surface area contributed by atoms with Gasteiger partial charge in [0.05, 0.1) is 32.1 Å². The standard InChI is InChI=1S/C27H32N6O3/c34-19-20-3-1-5-22(15-20)27-30-24(17-25(31-27)33-11-13-36-14-12-33)21-4-2-6-23(16-21)29-26(35)18-32-9-7-28-8-10-32/h1-6,15-17,28,34H,7-14,18-19H2,(H,29,35). The summed E-state index contributed by atoms with van der Waals surface area (Å²) in [6.45, 7) is 6.73. The first-order valence-electron chi connectivity index (χ1n) is 12.4. The molecule has 1 amide bonds. The molecule has 3 N–H and O–H groups in total. The van der Waals surface area contributed by atoms with Crippen molar-refractivity contribution in [2.24, 2.45) is 0 Å². The maximum atomic E-state index is 12.7. The smallest absolute Gasteiger partial charge is 0.238 e. The van der Waals surface area contributed by atoms with Crippen LogP contribution < -0.4 is 15.5 Å². The highest BCUT2D eigenvalue weighted by Gasteiger charge is 2.18. The molecule has 1 aromatic heterocycles. The number of aliphatic hydroxyl groups excluding tert-OH is 1. The number of anilines is 2. The van der Waals surface area contributed by atoms with Gasteiger partial charge in [-0.2, -0.15) is 0 Å². The van der Waals surface area contributed by atoms with Crippen LogP contribution >= 0.6 is 0 Å². The lowest BCUT2D eigenvalue weighted by Gasteiger charge is -2.28. The van der Waals surface area contributed by atoms with Gasteiger partial charge in [0.1, 0.15) is 5.82 Å². The topological polar surface area (TPSA) is 103 Å². The summed E-state index contributed by atoms with van der Waals surface area (Å²) in [6.07, 6.45) is 0. The Morgan fingerprint density at radius 2 is 1.75 bits per heavy atom. The van der Waals surface area contributed by atoms with Crippen LogP contribution in [0.15, 0.2) is 54.6 Å². The van der Waals surface area contributed by atoms with Gasteiger partial charge in [0.25, 0.3) is 0 Å². The number of amides is 1. The van der Waals surface area contributed by atoms with E-state index < -0.39 is 0 Å². The first kappa shape index (κ1) is 24.3. The summed E-state index contributed by atoms with van der Waals surface area (Å²) in [6, 6.07) is 17.4. The summed E-state index contributed by atoms with van der Waals surface area (Å²) in [5.74, 6) is 1.41. The van der Waals surface area contributed by atoms with Crippen molar-refractivity contribution in [3.8, 4) is 22.6 Å². The van der Waals surface area contributed by atoms with Gasteiger partial charge in [0, 0.05) is 62.1 Å². The number of ether oxygens (including phenoxy) is 1. The van der Waals surface area contributed by atoms with E-state index in [1.807, 2.05) is 54.6 Å². The molecule has 188 valence electrons. The molecule has 0 aliphatic carbocycles. The third-order valence-electron chi connectivity index (χ3n) is 6.43. The van der Waals surface area contributed by atoms with Crippen LogP contribution in [0.1, 0.15) is 5.56 Å². The number of carbonyl (C=O) groups excluding carboxylic acids is 1. The van der Waals surface area contributed by atoms with Crippen molar-refractivity contribution in [3.63, 3.8) is 0 Å². The molecule has 36 heavy (non-hydrogen) atoms. The fourth-order valence-corrected chi connectivity index (χ4v) is 4.50. The maximum absolute atomic E-state index is 12.7. The molecule has 3 aromatic rings. The number of hydrogen-bond acceptors (Lipinski definition) is 8. The molecule has 2 aliphatic rings. The van der Waals surface area contributed by atoms with Crippen molar-refractivity contribution in [1.82, 2.24) is 20.2 Å². The number of carbonyl (C=O) groups is 1. The van der Waals surface area contributed by atoms with Gasteiger partial charge in [-0.1, -0.05) is 30.3 Å². The molecular formula is C27H32N6O3. The van der Waals surface area contributed by atoms with E-state index in [1.165, 1.54) is 0 Å². The lowest BCUT2D eigenvalue weighted by atomic mass is 10.1. The number of nitrogens with zero attached hydrogens (tertiary/aromatic N) is 4. The molecule has 9 heteroatoms. The zero-order chi connectivity index (χ0) is 24.7. The Morgan fingerprint density at radius 1 is 0.972 bits per heavy atom. The maximum Gasteiger partial charge on any atom is 0.238 e.